The molecule has 0 radical (unpaired) electrons. The molecule has 4 unspecified atom stereocenters. The molecule has 1 N–H and O–H groups in total. The predicted molar refractivity (Wildman–Crippen MR) is 108 cm³/mol. The third-order valence-corrected chi connectivity index (χ3v) is 10.6. The summed E-state index contributed by atoms with van der Waals surface area (Å²) >= 11 is 0. The zero-order valence-corrected chi connectivity index (χ0v) is 18.0. The van der Waals surface area contributed by atoms with Crippen molar-refractivity contribution in [1.82, 2.24) is 10.4 Å². The molecule has 4 aliphatic carbocycles. The van der Waals surface area contributed by atoms with Gasteiger partial charge in [0.2, 0.25) is 0 Å². The molecule has 4 saturated carbocycles. The molecule has 4 nitrogen and oxygen atoms in total. The summed E-state index contributed by atoms with van der Waals surface area (Å²) in [5, 5.41) is 5.84. The number of fused-ring (bicyclic) bond motifs is 6. The molecule has 28 heavy (non-hydrogen) atoms. The van der Waals surface area contributed by atoms with Crippen molar-refractivity contribution in [3.05, 3.63) is 0 Å². The Morgan fingerprint density at radius 1 is 1.07 bits per heavy atom. The second kappa shape index (κ2) is 6.04. The maximum atomic E-state index is 12.7. The fourth-order valence-electron chi connectivity index (χ4n) is 9.08. The van der Waals surface area contributed by atoms with Gasteiger partial charge in [0, 0.05) is 18.4 Å². The number of carbonyl (C=O) groups excluding carboxylic acids is 1. The molecule has 11 atom stereocenters. The zero-order chi connectivity index (χ0) is 19.3. The molecule has 6 rings (SSSR count). The van der Waals surface area contributed by atoms with E-state index in [0.717, 1.165) is 56.0 Å². The summed E-state index contributed by atoms with van der Waals surface area (Å²) < 4.78 is 0. The third-order valence-electron chi connectivity index (χ3n) is 10.6. The van der Waals surface area contributed by atoms with Crippen molar-refractivity contribution in [2.24, 2.45) is 40.4 Å². The average Bonchev–Trinajstić information content (AvgIpc) is 2.97. The van der Waals surface area contributed by atoms with Gasteiger partial charge in [0.1, 0.15) is 5.78 Å². The highest BCUT2D eigenvalue weighted by atomic mass is 16.7. The minimum atomic E-state index is 0.00544. The van der Waals surface area contributed by atoms with Crippen LogP contribution < -0.4 is 5.32 Å². The summed E-state index contributed by atoms with van der Waals surface area (Å²) in [5.74, 6) is 4.48. The summed E-state index contributed by atoms with van der Waals surface area (Å²) in [6.45, 7) is 9.59. The molecule has 6 fully saturated rings. The van der Waals surface area contributed by atoms with Crippen LogP contribution in [0.3, 0.4) is 0 Å². The van der Waals surface area contributed by atoms with Crippen LogP contribution in [0.25, 0.3) is 0 Å². The van der Waals surface area contributed by atoms with Crippen LogP contribution >= 0.6 is 0 Å². The number of hydrogen-bond donors (Lipinski definition) is 1. The summed E-state index contributed by atoms with van der Waals surface area (Å²) in [6, 6.07) is 1.34. The van der Waals surface area contributed by atoms with Crippen molar-refractivity contribution in [2.75, 3.05) is 13.1 Å². The molecule has 2 saturated heterocycles. The lowest BCUT2D eigenvalue weighted by atomic mass is 9.43. The van der Waals surface area contributed by atoms with Gasteiger partial charge in [-0.15, -0.1) is 0 Å². The van der Waals surface area contributed by atoms with Crippen LogP contribution in [0.15, 0.2) is 0 Å². The Bertz CT molecular complexity index is 676. The number of rotatable bonds is 2. The van der Waals surface area contributed by atoms with Gasteiger partial charge in [0.25, 0.3) is 0 Å². The molecule has 4 heteroatoms. The van der Waals surface area contributed by atoms with E-state index in [9.17, 15) is 4.79 Å². The van der Waals surface area contributed by atoms with Crippen LogP contribution in [-0.4, -0.2) is 42.1 Å². The Hall–Kier alpha value is -0.450. The Morgan fingerprint density at radius 3 is 2.71 bits per heavy atom. The first-order valence-corrected chi connectivity index (χ1v) is 12.1. The standard InChI is InChI=1S/C24H38N2O2/c1-14-10-16-17-4-5-22(27)23(17,2)8-6-18(16)24(3)12-21-20(11-19(14)24)26(21)28-15-7-9-25-13-15/h14-21,25H,4-13H2,1-3H3/t14-,15+,16-,17-,18-,19?,20?,21?,23-,24+,26?/m0/s1. The topological polar surface area (TPSA) is 41.3 Å². The lowest BCUT2D eigenvalue weighted by Gasteiger charge is -2.61. The van der Waals surface area contributed by atoms with E-state index >= 15 is 0 Å². The summed E-state index contributed by atoms with van der Waals surface area (Å²) in [7, 11) is 0. The van der Waals surface area contributed by atoms with Crippen LogP contribution in [0.4, 0.5) is 0 Å². The SMILES string of the molecule is C[C@H]1C[C@@H]2[C@H](CC[C@]3(C)C(=O)CC[C@@H]23)[C@@]2(C)CC3C(CC12)N3O[C@@H]1CCNC1. The first-order chi connectivity index (χ1) is 13.4. The minimum Gasteiger partial charge on any atom is -0.314 e. The number of nitrogens with one attached hydrogen (secondary N) is 1. The van der Waals surface area contributed by atoms with Crippen LogP contribution in [0.5, 0.6) is 0 Å². The van der Waals surface area contributed by atoms with E-state index < -0.39 is 0 Å². The fourth-order valence-corrected chi connectivity index (χ4v) is 9.08. The molecule has 0 spiro atoms. The van der Waals surface area contributed by atoms with E-state index in [-0.39, 0.29) is 5.41 Å². The quantitative estimate of drug-likeness (QED) is 0.733. The van der Waals surface area contributed by atoms with Crippen LogP contribution in [0, 0.1) is 40.4 Å². The van der Waals surface area contributed by atoms with Gasteiger partial charge in [-0.2, -0.15) is 5.06 Å². The lowest BCUT2D eigenvalue weighted by molar-refractivity contribution is -0.143. The van der Waals surface area contributed by atoms with Crippen molar-refractivity contribution >= 4 is 5.78 Å². The van der Waals surface area contributed by atoms with Crippen molar-refractivity contribution in [3.8, 4) is 0 Å². The normalized spacial score (nSPS) is 60.0. The molecule has 156 valence electrons. The van der Waals surface area contributed by atoms with Gasteiger partial charge in [0.05, 0.1) is 18.2 Å². The maximum Gasteiger partial charge on any atom is 0.139 e. The molecule has 0 bridgehead atoms. The molecule has 0 aromatic heterocycles. The molecule has 2 aliphatic heterocycles. The van der Waals surface area contributed by atoms with E-state index in [4.69, 9.17) is 4.84 Å². The number of hydroxylamine groups is 2. The highest BCUT2D eigenvalue weighted by Crippen LogP contribution is 2.68. The number of carbonyl (C=O) groups is 1. The summed E-state index contributed by atoms with van der Waals surface area (Å²) in [6.07, 6.45) is 10.0. The highest BCUT2D eigenvalue weighted by Gasteiger charge is 2.67. The van der Waals surface area contributed by atoms with Crippen LogP contribution in [0.1, 0.15) is 72.1 Å². The van der Waals surface area contributed by atoms with Gasteiger partial charge in [-0.1, -0.05) is 20.8 Å². The van der Waals surface area contributed by atoms with Crippen LogP contribution in [0.2, 0.25) is 0 Å². The zero-order valence-electron chi connectivity index (χ0n) is 18.0. The summed E-state index contributed by atoms with van der Waals surface area (Å²) in [5.41, 5.74) is 0.452. The van der Waals surface area contributed by atoms with E-state index in [1.165, 1.54) is 32.1 Å². The largest absolute Gasteiger partial charge is 0.314 e. The second-order valence-electron chi connectivity index (χ2n) is 11.8. The molecule has 0 amide bonds. The van der Waals surface area contributed by atoms with Gasteiger partial charge in [-0.05, 0) is 86.5 Å². The molecular weight excluding hydrogens is 348 g/mol. The van der Waals surface area contributed by atoms with Crippen LogP contribution in [-0.2, 0) is 9.63 Å². The van der Waals surface area contributed by atoms with E-state index in [1.807, 2.05) is 0 Å². The number of hydrogen-bond acceptors (Lipinski definition) is 4. The Morgan fingerprint density at radius 2 is 1.93 bits per heavy atom. The highest BCUT2D eigenvalue weighted by molar-refractivity contribution is 5.87. The molecule has 6 aliphatic rings. The lowest BCUT2D eigenvalue weighted by Crippen LogP contribution is -2.56. The van der Waals surface area contributed by atoms with Crippen molar-refractivity contribution in [2.45, 2.75) is 90.3 Å². The summed E-state index contributed by atoms with van der Waals surface area (Å²) in [4.78, 5) is 19.1. The van der Waals surface area contributed by atoms with Gasteiger partial charge < -0.3 is 5.32 Å². The Balaban J connectivity index is 1.24. The predicted octanol–water partition coefficient (Wildman–Crippen LogP) is 3.80. The van der Waals surface area contributed by atoms with Gasteiger partial charge >= 0.3 is 0 Å². The Labute approximate surface area is 170 Å². The van der Waals surface area contributed by atoms with Gasteiger partial charge in [-0.3, -0.25) is 9.63 Å². The molecule has 0 aromatic carbocycles. The molecule has 0 aromatic rings. The third kappa shape index (κ3) is 2.37. The van der Waals surface area contributed by atoms with Crippen molar-refractivity contribution < 1.29 is 9.63 Å². The Kier molecular flexibility index (Phi) is 3.96. The van der Waals surface area contributed by atoms with Crippen molar-refractivity contribution in [1.29, 1.82) is 0 Å². The first kappa shape index (κ1) is 18.3. The smallest absolute Gasteiger partial charge is 0.139 e. The minimum absolute atomic E-state index is 0.00544. The van der Waals surface area contributed by atoms with E-state index in [1.54, 1.807) is 0 Å². The van der Waals surface area contributed by atoms with Crippen molar-refractivity contribution in [3.63, 3.8) is 0 Å². The number of ketones is 1. The fraction of sp³-hybridized carbons (Fsp3) is 0.958. The maximum absolute atomic E-state index is 12.7. The average molecular weight is 387 g/mol. The number of Topliss-reactive ketones (excluding diaryl/α,β-unsaturated/α-hetero) is 1. The molecular formula is C24H38N2O2. The van der Waals surface area contributed by atoms with E-state index in [2.05, 4.69) is 31.2 Å². The monoisotopic (exact) mass is 386 g/mol. The van der Waals surface area contributed by atoms with Gasteiger partial charge in [0.15, 0.2) is 0 Å². The molecule has 2 heterocycles. The number of nitrogens with zero attached hydrogens (tertiary/aromatic N) is 1. The second-order valence-corrected chi connectivity index (χ2v) is 11.8. The first-order valence-electron chi connectivity index (χ1n) is 12.1. The van der Waals surface area contributed by atoms with E-state index in [0.29, 0.717) is 35.3 Å². The van der Waals surface area contributed by atoms with Gasteiger partial charge in [-0.25, -0.2) is 0 Å².